The Morgan fingerprint density at radius 1 is 1.31 bits per heavy atom. The minimum atomic E-state index is -3.57. The molecule has 0 aliphatic heterocycles. The van der Waals surface area contributed by atoms with Crippen LogP contribution in [0.2, 0.25) is 0 Å². The molecule has 0 heterocycles. The van der Waals surface area contributed by atoms with Crippen LogP contribution in [0.4, 0.5) is 0 Å². The molecular formula is C11H12O4S. The smallest absolute Gasteiger partial charge is 0.265 e. The van der Waals surface area contributed by atoms with Gasteiger partial charge in [0, 0.05) is 0 Å². The Balaban J connectivity index is 2.93. The molecule has 0 aliphatic rings. The topological polar surface area (TPSA) is 52.6 Å². The van der Waals surface area contributed by atoms with Gasteiger partial charge in [-0.1, -0.05) is 18.1 Å². The van der Waals surface area contributed by atoms with Gasteiger partial charge in [0.05, 0.1) is 13.4 Å². The zero-order valence-corrected chi connectivity index (χ0v) is 9.82. The van der Waals surface area contributed by atoms with Crippen LogP contribution in [0.1, 0.15) is 11.7 Å². The molecule has 5 heteroatoms. The van der Waals surface area contributed by atoms with Gasteiger partial charge in [0.2, 0.25) is 0 Å². The number of methoxy groups -OCH3 is 1. The first-order valence-electron chi connectivity index (χ1n) is 4.44. The first-order chi connectivity index (χ1) is 7.46. The highest BCUT2D eigenvalue weighted by Gasteiger charge is 2.14. The number of rotatable bonds is 4. The molecule has 1 rings (SSSR count). The lowest BCUT2D eigenvalue weighted by molar-refractivity contribution is 0.273. The van der Waals surface area contributed by atoms with Crippen LogP contribution in [-0.2, 0) is 14.3 Å². The third-order valence-corrected chi connectivity index (χ3v) is 2.38. The Hall–Kier alpha value is -1.51. The predicted octanol–water partition coefficient (Wildman–Crippen LogP) is 1.35. The van der Waals surface area contributed by atoms with Crippen LogP contribution < -0.4 is 4.74 Å². The first-order valence-corrected chi connectivity index (χ1v) is 6.26. The zero-order chi connectivity index (χ0) is 12.2. The van der Waals surface area contributed by atoms with E-state index in [1.807, 2.05) is 0 Å². The maximum absolute atomic E-state index is 11.0. The maximum Gasteiger partial charge on any atom is 0.265 e. The average molecular weight is 240 g/mol. The van der Waals surface area contributed by atoms with E-state index in [2.05, 4.69) is 5.92 Å². The molecule has 1 atom stereocenters. The minimum Gasteiger partial charge on any atom is -0.497 e. The SMILES string of the molecule is C#CC(OS(C)(=O)=O)c1ccc(OC)cc1. The van der Waals surface area contributed by atoms with Gasteiger partial charge in [0.25, 0.3) is 10.1 Å². The van der Waals surface area contributed by atoms with Crippen LogP contribution in [0.25, 0.3) is 0 Å². The number of benzene rings is 1. The third kappa shape index (κ3) is 3.57. The zero-order valence-electron chi connectivity index (χ0n) is 9.01. The van der Waals surface area contributed by atoms with Gasteiger partial charge >= 0.3 is 0 Å². The number of ether oxygens (including phenoxy) is 1. The standard InChI is InChI=1S/C11H12O4S/c1-4-11(15-16(3,12)13)9-5-7-10(14-2)8-6-9/h1,5-8,11H,2-3H3. The van der Waals surface area contributed by atoms with Gasteiger partial charge in [-0.2, -0.15) is 8.42 Å². The van der Waals surface area contributed by atoms with Gasteiger partial charge in [-0.25, -0.2) is 4.18 Å². The van der Waals surface area contributed by atoms with Crippen molar-refractivity contribution >= 4 is 10.1 Å². The molecule has 0 bridgehead atoms. The van der Waals surface area contributed by atoms with Crippen molar-refractivity contribution in [2.75, 3.05) is 13.4 Å². The van der Waals surface area contributed by atoms with Crippen LogP contribution in [-0.4, -0.2) is 21.8 Å². The van der Waals surface area contributed by atoms with Crippen molar-refractivity contribution in [3.05, 3.63) is 29.8 Å². The fraction of sp³-hybridized carbons (Fsp3) is 0.273. The molecule has 0 spiro atoms. The van der Waals surface area contributed by atoms with E-state index in [1.165, 1.54) is 0 Å². The van der Waals surface area contributed by atoms with E-state index in [1.54, 1.807) is 31.4 Å². The summed E-state index contributed by atoms with van der Waals surface area (Å²) in [6, 6.07) is 6.69. The summed E-state index contributed by atoms with van der Waals surface area (Å²) in [5, 5.41) is 0. The molecule has 16 heavy (non-hydrogen) atoms. The van der Waals surface area contributed by atoms with Crippen molar-refractivity contribution in [1.29, 1.82) is 0 Å². The molecule has 0 aliphatic carbocycles. The molecule has 86 valence electrons. The summed E-state index contributed by atoms with van der Waals surface area (Å²) in [6.45, 7) is 0. The van der Waals surface area contributed by atoms with Crippen LogP contribution in [0.3, 0.4) is 0 Å². The van der Waals surface area contributed by atoms with E-state index in [4.69, 9.17) is 15.3 Å². The van der Waals surface area contributed by atoms with Gasteiger partial charge in [0.1, 0.15) is 5.75 Å². The van der Waals surface area contributed by atoms with Crippen molar-refractivity contribution in [2.45, 2.75) is 6.10 Å². The van der Waals surface area contributed by atoms with E-state index in [0.29, 0.717) is 11.3 Å². The first kappa shape index (κ1) is 12.6. The largest absolute Gasteiger partial charge is 0.497 e. The second-order valence-corrected chi connectivity index (χ2v) is 4.72. The number of hydrogen-bond acceptors (Lipinski definition) is 4. The molecule has 1 aromatic rings. The van der Waals surface area contributed by atoms with Gasteiger partial charge in [0.15, 0.2) is 6.10 Å². The summed E-state index contributed by atoms with van der Waals surface area (Å²) in [5.74, 6) is 2.94. The molecule has 0 radical (unpaired) electrons. The highest BCUT2D eigenvalue weighted by molar-refractivity contribution is 7.86. The van der Waals surface area contributed by atoms with E-state index < -0.39 is 16.2 Å². The van der Waals surface area contributed by atoms with E-state index in [0.717, 1.165) is 6.26 Å². The number of terminal acetylenes is 1. The Morgan fingerprint density at radius 3 is 2.25 bits per heavy atom. The van der Waals surface area contributed by atoms with Crippen LogP contribution in [0.5, 0.6) is 5.75 Å². The molecule has 0 fully saturated rings. The van der Waals surface area contributed by atoms with Crippen LogP contribution in [0.15, 0.2) is 24.3 Å². The quantitative estimate of drug-likeness (QED) is 0.589. The Labute approximate surface area is 95.3 Å². The molecular weight excluding hydrogens is 228 g/mol. The van der Waals surface area contributed by atoms with Gasteiger partial charge in [-0.15, -0.1) is 6.42 Å². The second kappa shape index (κ2) is 5.01. The normalized spacial score (nSPS) is 12.8. The Bertz CT molecular complexity index is 482. The van der Waals surface area contributed by atoms with Gasteiger partial charge < -0.3 is 4.74 Å². The van der Waals surface area contributed by atoms with E-state index >= 15 is 0 Å². The number of hydrogen-bond donors (Lipinski definition) is 0. The summed E-state index contributed by atoms with van der Waals surface area (Å²) >= 11 is 0. The van der Waals surface area contributed by atoms with Crippen LogP contribution in [0, 0.1) is 12.3 Å². The molecule has 0 amide bonds. The van der Waals surface area contributed by atoms with Gasteiger partial charge in [-0.3, -0.25) is 0 Å². The summed E-state index contributed by atoms with van der Waals surface area (Å²) in [7, 11) is -2.03. The van der Waals surface area contributed by atoms with Gasteiger partial charge in [-0.05, 0) is 17.7 Å². The average Bonchev–Trinajstić information content (AvgIpc) is 2.25. The highest BCUT2D eigenvalue weighted by Crippen LogP contribution is 2.21. The molecule has 0 saturated heterocycles. The molecule has 0 N–H and O–H groups in total. The van der Waals surface area contributed by atoms with E-state index in [-0.39, 0.29) is 0 Å². The molecule has 0 saturated carbocycles. The molecule has 1 unspecified atom stereocenters. The second-order valence-electron chi connectivity index (χ2n) is 3.12. The third-order valence-electron chi connectivity index (χ3n) is 1.84. The van der Waals surface area contributed by atoms with E-state index in [9.17, 15) is 8.42 Å². The lowest BCUT2D eigenvalue weighted by atomic mass is 10.1. The van der Waals surface area contributed by atoms with Crippen molar-refractivity contribution in [3.8, 4) is 18.1 Å². The fourth-order valence-electron chi connectivity index (χ4n) is 1.13. The Kier molecular flexibility index (Phi) is 3.93. The lowest BCUT2D eigenvalue weighted by Crippen LogP contribution is -2.08. The maximum atomic E-state index is 11.0. The Morgan fingerprint density at radius 2 is 1.88 bits per heavy atom. The predicted molar refractivity (Wildman–Crippen MR) is 60.5 cm³/mol. The molecule has 0 aromatic heterocycles. The summed E-state index contributed by atoms with van der Waals surface area (Å²) < 4.78 is 31.6. The van der Waals surface area contributed by atoms with Crippen molar-refractivity contribution in [1.82, 2.24) is 0 Å². The monoisotopic (exact) mass is 240 g/mol. The summed E-state index contributed by atoms with van der Waals surface area (Å²) in [5.41, 5.74) is 0.591. The fourth-order valence-corrected chi connectivity index (χ4v) is 1.65. The van der Waals surface area contributed by atoms with Crippen LogP contribution >= 0.6 is 0 Å². The van der Waals surface area contributed by atoms with Crippen molar-refractivity contribution < 1.29 is 17.3 Å². The minimum absolute atomic E-state index is 0.591. The lowest BCUT2D eigenvalue weighted by Gasteiger charge is -2.10. The summed E-state index contributed by atoms with van der Waals surface area (Å²) in [6.07, 6.45) is 5.27. The highest BCUT2D eigenvalue weighted by atomic mass is 32.2. The molecule has 4 nitrogen and oxygen atoms in total. The van der Waals surface area contributed by atoms with Crippen molar-refractivity contribution in [3.63, 3.8) is 0 Å². The molecule has 1 aromatic carbocycles. The summed E-state index contributed by atoms with van der Waals surface area (Å²) in [4.78, 5) is 0. The van der Waals surface area contributed by atoms with Crippen molar-refractivity contribution in [2.24, 2.45) is 0 Å².